The normalized spacial score (nSPS) is 16.6. The van der Waals surface area contributed by atoms with Crippen LogP contribution < -0.4 is 10.6 Å². The first-order valence-electron chi connectivity index (χ1n) is 8.42. The Morgan fingerprint density at radius 1 is 1.17 bits per heavy atom. The summed E-state index contributed by atoms with van der Waals surface area (Å²) in [7, 11) is 1.41. The van der Waals surface area contributed by atoms with Crippen LogP contribution in [0.1, 0.15) is 28.8 Å². The molecule has 0 aromatic heterocycles. The lowest BCUT2D eigenvalue weighted by molar-refractivity contribution is -0.132. The van der Waals surface area contributed by atoms with Gasteiger partial charge in [0.05, 0.1) is 6.21 Å². The Morgan fingerprint density at radius 3 is 2.52 bits per heavy atom. The number of amides is 4. The summed E-state index contributed by atoms with van der Waals surface area (Å²) in [5.74, 6) is -3.74. The first-order valence-corrected chi connectivity index (χ1v) is 8.42. The highest BCUT2D eigenvalue weighted by molar-refractivity contribution is 6.00. The zero-order chi connectivity index (χ0) is 21.1. The van der Waals surface area contributed by atoms with Crippen LogP contribution in [0.3, 0.4) is 0 Å². The van der Waals surface area contributed by atoms with Crippen LogP contribution in [0.2, 0.25) is 0 Å². The largest absolute Gasteiger partial charge is 0.378 e. The number of fused-ring (bicyclic) bond motifs is 1. The molecular weight excluding hydrogens is 386 g/mol. The fourth-order valence-electron chi connectivity index (χ4n) is 2.79. The van der Waals surface area contributed by atoms with E-state index in [1.807, 2.05) is 5.32 Å². The number of nitrogens with zero attached hydrogens (tertiary/aromatic N) is 2. The van der Waals surface area contributed by atoms with Crippen molar-refractivity contribution in [1.82, 2.24) is 15.6 Å². The summed E-state index contributed by atoms with van der Waals surface area (Å²) in [5.41, 5.74) is 0.690. The van der Waals surface area contributed by atoms with Crippen LogP contribution in [0.4, 0.5) is 13.6 Å². The number of aliphatic hydroxyl groups excluding tert-OH is 1. The van der Waals surface area contributed by atoms with E-state index in [2.05, 4.69) is 10.4 Å². The smallest absolute Gasteiger partial charge is 0.322 e. The van der Waals surface area contributed by atoms with Crippen LogP contribution in [-0.2, 0) is 9.59 Å². The van der Waals surface area contributed by atoms with Crippen molar-refractivity contribution in [3.63, 3.8) is 0 Å². The molecule has 3 N–H and O–H groups in total. The number of imide groups is 1. The molecular formula is C19H16F2N4O4. The lowest BCUT2D eigenvalue weighted by Gasteiger charge is -2.21. The van der Waals surface area contributed by atoms with Crippen molar-refractivity contribution in [2.45, 2.75) is 12.1 Å². The van der Waals surface area contributed by atoms with Crippen molar-refractivity contribution in [2.75, 3.05) is 7.05 Å². The number of hydrogen-bond donors (Lipinski definition) is 3. The summed E-state index contributed by atoms with van der Waals surface area (Å²) in [5, 5.41) is 19.2. The summed E-state index contributed by atoms with van der Waals surface area (Å²) in [6.07, 6.45) is -0.533. The average molecular weight is 402 g/mol. The summed E-state index contributed by atoms with van der Waals surface area (Å²) in [4.78, 5) is 36.9. The standard InChI is InChI=1S/C19H16F2N4O4/c1-25-18(28)15(14-5-3-2-4-10(14)9-22-25)23-19(29)24-17(27)16(26)11-6-12(20)8-13(21)7-11/h2-9,15-16,26H,1H3,(H2,23,24,27,29)/t15-,16-/m0/s1. The van der Waals surface area contributed by atoms with E-state index in [-0.39, 0.29) is 5.56 Å². The molecule has 0 unspecified atom stereocenters. The molecule has 0 aliphatic carbocycles. The molecule has 29 heavy (non-hydrogen) atoms. The van der Waals surface area contributed by atoms with Crippen molar-refractivity contribution in [3.8, 4) is 0 Å². The van der Waals surface area contributed by atoms with Gasteiger partial charge in [-0.05, 0) is 23.3 Å². The van der Waals surface area contributed by atoms with Crippen molar-refractivity contribution in [3.05, 3.63) is 70.8 Å². The fourth-order valence-corrected chi connectivity index (χ4v) is 2.79. The molecule has 1 aliphatic heterocycles. The summed E-state index contributed by atoms with van der Waals surface area (Å²) in [6.45, 7) is 0. The van der Waals surface area contributed by atoms with E-state index in [4.69, 9.17) is 0 Å². The average Bonchev–Trinajstić information content (AvgIpc) is 2.79. The van der Waals surface area contributed by atoms with E-state index in [0.717, 1.165) is 17.1 Å². The van der Waals surface area contributed by atoms with Crippen molar-refractivity contribution < 1.29 is 28.3 Å². The lowest BCUT2D eigenvalue weighted by Crippen LogP contribution is -2.46. The highest BCUT2D eigenvalue weighted by Gasteiger charge is 2.30. The lowest BCUT2D eigenvalue weighted by atomic mass is 10.0. The van der Waals surface area contributed by atoms with Gasteiger partial charge in [0.1, 0.15) is 17.7 Å². The maximum absolute atomic E-state index is 13.3. The number of carbonyl (C=O) groups excluding carboxylic acids is 3. The maximum atomic E-state index is 13.3. The van der Waals surface area contributed by atoms with Gasteiger partial charge >= 0.3 is 6.03 Å². The van der Waals surface area contributed by atoms with Gasteiger partial charge in [0.25, 0.3) is 11.8 Å². The molecule has 0 saturated heterocycles. The van der Waals surface area contributed by atoms with Crippen LogP contribution in [0.15, 0.2) is 47.6 Å². The van der Waals surface area contributed by atoms with Gasteiger partial charge in [-0.15, -0.1) is 0 Å². The number of likely N-dealkylation sites (N-methyl/N-ethyl adjacent to an activating group) is 1. The van der Waals surface area contributed by atoms with Gasteiger partial charge in [-0.3, -0.25) is 14.9 Å². The van der Waals surface area contributed by atoms with E-state index in [9.17, 15) is 28.3 Å². The molecule has 150 valence electrons. The van der Waals surface area contributed by atoms with Gasteiger partial charge in [-0.1, -0.05) is 24.3 Å². The molecule has 3 rings (SSSR count). The second-order valence-electron chi connectivity index (χ2n) is 6.24. The van der Waals surface area contributed by atoms with Crippen LogP contribution in [-0.4, -0.2) is 41.2 Å². The third kappa shape index (κ3) is 4.43. The van der Waals surface area contributed by atoms with Crippen LogP contribution in [0, 0.1) is 11.6 Å². The van der Waals surface area contributed by atoms with E-state index < -0.39 is 41.6 Å². The molecule has 2 aromatic carbocycles. The number of nitrogens with one attached hydrogen (secondary N) is 2. The van der Waals surface area contributed by atoms with Crippen molar-refractivity contribution in [2.24, 2.45) is 5.10 Å². The second-order valence-corrected chi connectivity index (χ2v) is 6.24. The van der Waals surface area contributed by atoms with E-state index >= 15 is 0 Å². The number of carbonyl (C=O) groups is 3. The molecule has 0 saturated carbocycles. The van der Waals surface area contributed by atoms with E-state index in [1.54, 1.807) is 24.3 Å². The zero-order valence-corrected chi connectivity index (χ0v) is 15.1. The third-order valence-corrected chi connectivity index (χ3v) is 4.20. The molecule has 8 nitrogen and oxygen atoms in total. The van der Waals surface area contributed by atoms with Crippen LogP contribution in [0.5, 0.6) is 0 Å². The SMILES string of the molecule is CN1N=Cc2ccccc2[C@H](NC(=O)NC(=O)[C@@H](O)c2cc(F)cc(F)c2)C1=O. The molecule has 4 amide bonds. The Morgan fingerprint density at radius 2 is 1.83 bits per heavy atom. The van der Waals surface area contributed by atoms with E-state index in [0.29, 0.717) is 17.2 Å². The number of rotatable bonds is 3. The van der Waals surface area contributed by atoms with Crippen molar-refractivity contribution in [1.29, 1.82) is 0 Å². The van der Waals surface area contributed by atoms with Gasteiger partial charge in [-0.25, -0.2) is 18.6 Å². The molecule has 0 fully saturated rings. The zero-order valence-electron chi connectivity index (χ0n) is 15.1. The molecule has 0 radical (unpaired) electrons. The van der Waals surface area contributed by atoms with E-state index in [1.165, 1.54) is 13.3 Å². The molecule has 2 atom stereocenters. The first-order chi connectivity index (χ1) is 13.8. The Bertz CT molecular complexity index is 991. The highest BCUT2D eigenvalue weighted by atomic mass is 19.1. The summed E-state index contributed by atoms with van der Waals surface area (Å²) < 4.78 is 26.5. The Balaban J connectivity index is 1.74. The fraction of sp³-hybridized carbons (Fsp3) is 0.158. The van der Waals surface area contributed by atoms with Crippen molar-refractivity contribution >= 4 is 24.1 Å². The van der Waals surface area contributed by atoms with Gasteiger partial charge < -0.3 is 10.4 Å². The number of benzene rings is 2. The van der Waals surface area contributed by atoms with Crippen LogP contribution in [0.25, 0.3) is 0 Å². The Kier molecular flexibility index (Phi) is 5.64. The Hall–Kier alpha value is -3.66. The number of urea groups is 1. The van der Waals surface area contributed by atoms with Crippen LogP contribution >= 0.6 is 0 Å². The molecule has 1 heterocycles. The number of hydrogen-bond acceptors (Lipinski definition) is 5. The predicted molar refractivity (Wildman–Crippen MR) is 97.5 cm³/mol. The van der Waals surface area contributed by atoms with Gasteiger partial charge in [0.15, 0.2) is 6.10 Å². The number of aliphatic hydroxyl groups is 1. The summed E-state index contributed by atoms with van der Waals surface area (Å²) in [6, 6.07) is 6.62. The third-order valence-electron chi connectivity index (χ3n) is 4.20. The van der Waals surface area contributed by atoms with Gasteiger partial charge in [0.2, 0.25) is 0 Å². The minimum absolute atomic E-state index is 0.364. The Labute approximate surface area is 163 Å². The number of hydrazone groups is 1. The molecule has 0 spiro atoms. The molecule has 2 aromatic rings. The second kappa shape index (κ2) is 8.15. The number of halogens is 2. The molecule has 0 bridgehead atoms. The topological polar surface area (TPSA) is 111 Å². The van der Waals surface area contributed by atoms with Gasteiger partial charge in [-0.2, -0.15) is 5.10 Å². The first kappa shape index (κ1) is 20.1. The quantitative estimate of drug-likeness (QED) is 0.720. The maximum Gasteiger partial charge on any atom is 0.322 e. The minimum Gasteiger partial charge on any atom is -0.378 e. The highest BCUT2D eigenvalue weighted by Crippen LogP contribution is 2.22. The van der Waals surface area contributed by atoms with Gasteiger partial charge in [0, 0.05) is 18.7 Å². The molecule has 10 heteroatoms. The summed E-state index contributed by atoms with van der Waals surface area (Å²) >= 11 is 0. The molecule has 1 aliphatic rings. The minimum atomic E-state index is -1.99. The predicted octanol–water partition coefficient (Wildman–Crippen LogP) is 1.37. The monoisotopic (exact) mass is 402 g/mol.